The zero-order valence-corrected chi connectivity index (χ0v) is 17.8. The van der Waals surface area contributed by atoms with Crippen molar-refractivity contribution >= 4 is 11.8 Å². The molecule has 0 saturated carbocycles. The van der Waals surface area contributed by atoms with Crippen molar-refractivity contribution in [2.45, 2.75) is 45.9 Å². The molecule has 30 heavy (non-hydrogen) atoms. The van der Waals surface area contributed by atoms with Gasteiger partial charge in [0.2, 0.25) is 5.91 Å². The summed E-state index contributed by atoms with van der Waals surface area (Å²) in [6.07, 6.45) is 0. The second-order valence-electron chi connectivity index (χ2n) is 8.04. The Kier molecular flexibility index (Phi) is 6.21. The smallest absolute Gasteiger partial charge is 0.272 e. The van der Waals surface area contributed by atoms with Crippen LogP contribution in [0.4, 0.5) is 8.78 Å². The summed E-state index contributed by atoms with van der Waals surface area (Å²) in [7, 11) is 3.46. The molecule has 7 nitrogen and oxygen atoms in total. The largest absolute Gasteiger partial charge is 0.357 e. The lowest BCUT2D eigenvalue weighted by atomic mass is 10.0. The normalized spacial score (nSPS) is 17.5. The standard InChI is InChI=1S/C21H27F2N5O2/c1-11(2)17(20(29)24-4)26-21(30)18-16-10-27(5)12(3)9-28(16)19(25-18)13-6-7-14(22)15(23)8-13/h6-8,11-12,17H,9-10H2,1-5H3,(H,24,29)(H,26,30)/t12?,17-/m0/s1. The molecule has 1 aliphatic heterocycles. The number of halogens is 2. The molecule has 0 aliphatic carbocycles. The maximum absolute atomic E-state index is 13.8. The summed E-state index contributed by atoms with van der Waals surface area (Å²) in [5, 5.41) is 5.32. The summed E-state index contributed by atoms with van der Waals surface area (Å²) in [6, 6.07) is 3.02. The number of hydrogen-bond acceptors (Lipinski definition) is 4. The molecule has 3 rings (SSSR count). The zero-order valence-electron chi connectivity index (χ0n) is 17.8. The van der Waals surface area contributed by atoms with Crippen LogP contribution in [0, 0.1) is 17.6 Å². The van der Waals surface area contributed by atoms with Crippen molar-refractivity contribution in [3.05, 3.63) is 41.2 Å². The summed E-state index contributed by atoms with van der Waals surface area (Å²) in [5.74, 6) is -2.41. The SMILES string of the molecule is CNC(=O)[C@@H](NC(=O)c1nc(-c2ccc(F)c(F)c2)n2c1CN(C)C(C)C2)C(C)C. The molecule has 0 bridgehead atoms. The van der Waals surface area contributed by atoms with Crippen LogP contribution in [0.25, 0.3) is 11.4 Å². The number of aromatic nitrogens is 2. The summed E-state index contributed by atoms with van der Waals surface area (Å²) in [5.41, 5.74) is 1.24. The van der Waals surface area contributed by atoms with Crippen LogP contribution < -0.4 is 10.6 Å². The topological polar surface area (TPSA) is 79.3 Å². The second-order valence-corrected chi connectivity index (χ2v) is 8.04. The number of nitrogens with zero attached hydrogens (tertiary/aromatic N) is 3. The van der Waals surface area contributed by atoms with Gasteiger partial charge in [0.25, 0.3) is 5.91 Å². The van der Waals surface area contributed by atoms with Gasteiger partial charge in [-0.25, -0.2) is 13.8 Å². The molecular formula is C21H27F2N5O2. The van der Waals surface area contributed by atoms with E-state index in [4.69, 9.17) is 0 Å². The fraction of sp³-hybridized carbons (Fsp3) is 0.476. The van der Waals surface area contributed by atoms with Crippen molar-refractivity contribution in [3.8, 4) is 11.4 Å². The molecule has 9 heteroatoms. The van der Waals surface area contributed by atoms with Crippen LogP contribution in [-0.4, -0.2) is 52.4 Å². The lowest BCUT2D eigenvalue weighted by Crippen LogP contribution is -2.49. The fourth-order valence-corrected chi connectivity index (χ4v) is 3.58. The predicted molar refractivity (Wildman–Crippen MR) is 109 cm³/mol. The van der Waals surface area contributed by atoms with Crippen molar-refractivity contribution in [2.75, 3.05) is 14.1 Å². The maximum Gasteiger partial charge on any atom is 0.272 e. The van der Waals surface area contributed by atoms with Gasteiger partial charge in [-0.3, -0.25) is 14.5 Å². The molecule has 1 aliphatic rings. The number of rotatable bonds is 5. The Morgan fingerprint density at radius 2 is 1.93 bits per heavy atom. The molecule has 2 atom stereocenters. The van der Waals surface area contributed by atoms with Gasteiger partial charge in [-0.05, 0) is 38.1 Å². The number of likely N-dealkylation sites (N-methyl/N-ethyl adjacent to an activating group) is 2. The first-order valence-electron chi connectivity index (χ1n) is 9.91. The summed E-state index contributed by atoms with van der Waals surface area (Å²) in [4.78, 5) is 31.8. The summed E-state index contributed by atoms with van der Waals surface area (Å²) < 4.78 is 29.1. The average molecular weight is 419 g/mol. The molecular weight excluding hydrogens is 392 g/mol. The van der Waals surface area contributed by atoms with E-state index in [-0.39, 0.29) is 23.6 Å². The maximum atomic E-state index is 13.8. The Morgan fingerprint density at radius 1 is 1.23 bits per heavy atom. The first-order valence-corrected chi connectivity index (χ1v) is 9.91. The van der Waals surface area contributed by atoms with Gasteiger partial charge in [0.15, 0.2) is 17.3 Å². The van der Waals surface area contributed by atoms with E-state index in [1.807, 2.05) is 32.4 Å². The molecule has 0 radical (unpaired) electrons. The van der Waals surface area contributed by atoms with Crippen molar-refractivity contribution in [1.29, 1.82) is 0 Å². The first kappa shape index (κ1) is 21.9. The van der Waals surface area contributed by atoms with Crippen molar-refractivity contribution in [3.63, 3.8) is 0 Å². The minimum Gasteiger partial charge on any atom is -0.357 e. The molecule has 1 aromatic heterocycles. The van der Waals surface area contributed by atoms with E-state index in [0.717, 1.165) is 12.1 Å². The van der Waals surface area contributed by atoms with Gasteiger partial charge >= 0.3 is 0 Å². The number of amides is 2. The van der Waals surface area contributed by atoms with Crippen molar-refractivity contribution < 1.29 is 18.4 Å². The van der Waals surface area contributed by atoms with E-state index in [9.17, 15) is 18.4 Å². The number of carbonyl (C=O) groups is 2. The second kappa shape index (κ2) is 8.51. The van der Waals surface area contributed by atoms with Gasteiger partial charge in [-0.2, -0.15) is 0 Å². The van der Waals surface area contributed by atoms with E-state index in [1.165, 1.54) is 13.1 Å². The van der Waals surface area contributed by atoms with Crippen LogP contribution in [0.2, 0.25) is 0 Å². The van der Waals surface area contributed by atoms with Crippen LogP contribution in [0.3, 0.4) is 0 Å². The summed E-state index contributed by atoms with van der Waals surface area (Å²) in [6.45, 7) is 6.73. The number of hydrogen-bond donors (Lipinski definition) is 2. The van der Waals surface area contributed by atoms with Gasteiger partial charge in [-0.15, -0.1) is 0 Å². The molecule has 2 amide bonds. The highest BCUT2D eigenvalue weighted by Crippen LogP contribution is 2.29. The number of carbonyl (C=O) groups excluding carboxylic acids is 2. The average Bonchev–Trinajstić information content (AvgIpc) is 3.06. The fourth-order valence-electron chi connectivity index (χ4n) is 3.58. The predicted octanol–water partition coefficient (Wildman–Crippen LogP) is 2.16. The van der Waals surface area contributed by atoms with Crippen molar-refractivity contribution in [2.24, 2.45) is 5.92 Å². The van der Waals surface area contributed by atoms with Crippen LogP contribution >= 0.6 is 0 Å². The Bertz CT molecular complexity index is 973. The van der Waals surface area contributed by atoms with Crippen LogP contribution in [0.15, 0.2) is 18.2 Å². The summed E-state index contributed by atoms with van der Waals surface area (Å²) >= 11 is 0. The number of fused-ring (bicyclic) bond motifs is 1. The lowest BCUT2D eigenvalue weighted by Gasteiger charge is -2.32. The number of imidazole rings is 1. The molecule has 0 saturated heterocycles. The van der Waals surface area contributed by atoms with Crippen LogP contribution in [0.1, 0.15) is 37.0 Å². The van der Waals surface area contributed by atoms with Gasteiger partial charge in [-0.1, -0.05) is 13.8 Å². The molecule has 0 fully saturated rings. The van der Waals surface area contributed by atoms with Gasteiger partial charge < -0.3 is 15.2 Å². The Morgan fingerprint density at radius 3 is 2.53 bits per heavy atom. The van der Waals surface area contributed by atoms with Gasteiger partial charge in [0.05, 0.1) is 5.69 Å². The highest BCUT2D eigenvalue weighted by atomic mass is 19.2. The highest BCUT2D eigenvalue weighted by Gasteiger charge is 2.32. The Balaban J connectivity index is 2.05. The monoisotopic (exact) mass is 419 g/mol. The highest BCUT2D eigenvalue weighted by molar-refractivity contribution is 5.97. The zero-order chi connectivity index (χ0) is 22.2. The molecule has 2 N–H and O–H groups in total. The van der Waals surface area contributed by atoms with E-state index in [2.05, 4.69) is 20.5 Å². The van der Waals surface area contributed by atoms with Crippen LogP contribution in [0.5, 0.6) is 0 Å². The number of nitrogens with one attached hydrogen (secondary N) is 2. The third-order valence-corrected chi connectivity index (χ3v) is 5.55. The molecule has 0 spiro atoms. The Labute approximate surface area is 174 Å². The number of benzene rings is 1. The van der Waals surface area contributed by atoms with Gasteiger partial charge in [0, 0.05) is 31.7 Å². The third kappa shape index (κ3) is 4.07. The molecule has 162 valence electrons. The van der Waals surface area contributed by atoms with Crippen LogP contribution in [-0.2, 0) is 17.9 Å². The molecule has 2 aromatic rings. The molecule has 1 aromatic carbocycles. The first-order chi connectivity index (χ1) is 14.1. The van der Waals surface area contributed by atoms with E-state index < -0.39 is 23.6 Å². The van der Waals surface area contributed by atoms with E-state index in [0.29, 0.717) is 30.2 Å². The molecule has 2 heterocycles. The Hall–Kier alpha value is -2.81. The third-order valence-electron chi connectivity index (χ3n) is 5.55. The minimum absolute atomic E-state index is 0.124. The minimum atomic E-state index is -0.976. The van der Waals surface area contributed by atoms with E-state index in [1.54, 1.807) is 0 Å². The lowest BCUT2D eigenvalue weighted by molar-refractivity contribution is -0.123. The van der Waals surface area contributed by atoms with Crippen molar-refractivity contribution in [1.82, 2.24) is 25.1 Å². The van der Waals surface area contributed by atoms with E-state index >= 15 is 0 Å². The quantitative estimate of drug-likeness (QED) is 0.779. The van der Waals surface area contributed by atoms with Gasteiger partial charge in [0.1, 0.15) is 11.9 Å². The molecule has 1 unspecified atom stereocenters.